The zero-order valence-corrected chi connectivity index (χ0v) is 21.9. The Hall–Kier alpha value is -3.79. The molecule has 2 amide bonds. The second-order valence-corrected chi connectivity index (χ2v) is 9.88. The molecule has 0 bridgehead atoms. The number of nitrogen functional groups attached to an aromatic ring is 1. The van der Waals surface area contributed by atoms with Crippen molar-refractivity contribution < 1.29 is 14.7 Å². The normalized spacial score (nSPS) is 13.0. The van der Waals surface area contributed by atoms with Crippen molar-refractivity contribution >= 4 is 44.2 Å². The summed E-state index contributed by atoms with van der Waals surface area (Å²) < 4.78 is 0.854. The fraction of sp³-hybridized carbons (Fsp3) is 0.250. The quantitative estimate of drug-likeness (QED) is 0.261. The number of primary amides is 1. The molecule has 4 aromatic rings. The summed E-state index contributed by atoms with van der Waals surface area (Å²) in [4.78, 5) is 31.5. The Labute approximate surface area is 219 Å². The van der Waals surface area contributed by atoms with Crippen LogP contribution in [-0.4, -0.2) is 46.0 Å². The van der Waals surface area contributed by atoms with E-state index in [0.717, 1.165) is 32.5 Å². The van der Waals surface area contributed by atoms with E-state index in [4.69, 9.17) is 11.5 Å². The van der Waals surface area contributed by atoms with Crippen LogP contribution in [0.2, 0.25) is 0 Å². The van der Waals surface area contributed by atoms with E-state index < -0.39 is 24.0 Å². The van der Waals surface area contributed by atoms with E-state index in [1.165, 1.54) is 11.3 Å². The van der Waals surface area contributed by atoms with E-state index in [-0.39, 0.29) is 0 Å². The first-order chi connectivity index (χ1) is 17.7. The van der Waals surface area contributed by atoms with E-state index in [0.29, 0.717) is 29.5 Å². The first-order valence-electron chi connectivity index (χ1n) is 12.1. The second-order valence-electron chi connectivity index (χ2n) is 8.82. The zero-order chi connectivity index (χ0) is 26.7. The van der Waals surface area contributed by atoms with Crippen LogP contribution < -0.4 is 16.8 Å². The molecule has 0 aliphatic rings. The number of nitrogens with zero attached hydrogens (tertiary/aromatic N) is 2. The molecule has 0 radical (unpaired) electrons. The lowest BCUT2D eigenvalue weighted by atomic mass is 9.91. The molecule has 2 unspecified atom stereocenters. The molecule has 0 aliphatic carbocycles. The fourth-order valence-electron chi connectivity index (χ4n) is 4.70. The van der Waals surface area contributed by atoms with Crippen molar-refractivity contribution in [3.8, 4) is 11.1 Å². The Morgan fingerprint density at radius 1 is 1.05 bits per heavy atom. The molecule has 0 saturated carbocycles. The minimum atomic E-state index is -1.33. The van der Waals surface area contributed by atoms with Crippen LogP contribution >= 0.6 is 11.3 Å². The molecule has 0 saturated heterocycles. The van der Waals surface area contributed by atoms with Crippen LogP contribution in [-0.2, 0) is 4.79 Å². The van der Waals surface area contributed by atoms with Gasteiger partial charge in [0, 0.05) is 11.3 Å². The lowest BCUT2D eigenvalue weighted by molar-refractivity contribution is -0.127. The fourth-order valence-corrected chi connectivity index (χ4v) is 5.47. The minimum Gasteiger partial charge on any atom is -0.381 e. The van der Waals surface area contributed by atoms with Gasteiger partial charge in [-0.15, -0.1) is 0 Å². The summed E-state index contributed by atoms with van der Waals surface area (Å²) >= 11 is 1.34. The SMILES string of the molecule is CCN(CC)C(c1ccc(-c2ccccc2C(N)=O)c(C)c1)C(O)C(=O)Nc1ccc2nc(N)sc2c1. The smallest absolute Gasteiger partial charge is 0.255 e. The number of likely N-dealkylation sites (N-methyl/N-ethyl adjacent to an activating group) is 1. The van der Waals surface area contributed by atoms with Crippen molar-refractivity contribution in [2.75, 3.05) is 24.1 Å². The highest BCUT2D eigenvalue weighted by atomic mass is 32.1. The van der Waals surface area contributed by atoms with Crippen molar-refractivity contribution in [3.63, 3.8) is 0 Å². The summed E-state index contributed by atoms with van der Waals surface area (Å²) in [7, 11) is 0. The molecule has 4 rings (SSSR count). The number of anilines is 2. The molecule has 9 heteroatoms. The van der Waals surface area contributed by atoms with Gasteiger partial charge in [-0.05, 0) is 66.5 Å². The number of nitrogens with two attached hydrogens (primary N) is 2. The van der Waals surface area contributed by atoms with Gasteiger partial charge < -0.3 is 21.9 Å². The Kier molecular flexibility index (Phi) is 7.87. The number of fused-ring (bicyclic) bond motifs is 1. The number of hydrogen-bond donors (Lipinski definition) is 4. The highest BCUT2D eigenvalue weighted by Crippen LogP contribution is 2.33. The molecule has 0 fully saturated rings. The summed E-state index contributed by atoms with van der Waals surface area (Å²) in [6.45, 7) is 7.21. The van der Waals surface area contributed by atoms with Crippen LogP contribution in [0, 0.1) is 6.92 Å². The zero-order valence-electron chi connectivity index (χ0n) is 21.1. The number of aliphatic hydroxyl groups is 1. The number of carbonyl (C=O) groups is 2. The maximum absolute atomic E-state index is 13.2. The van der Waals surface area contributed by atoms with E-state index in [1.807, 2.05) is 56.0 Å². The predicted octanol–water partition coefficient (Wildman–Crippen LogP) is 4.34. The van der Waals surface area contributed by atoms with Gasteiger partial charge in [0.25, 0.3) is 5.91 Å². The first-order valence-corrected chi connectivity index (χ1v) is 12.9. The Morgan fingerprint density at radius 3 is 2.46 bits per heavy atom. The molecular weight excluding hydrogens is 486 g/mol. The third-order valence-electron chi connectivity index (χ3n) is 6.52. The van der Waals surface area contributed by atoms with E-state index >= 15 is 0 Å². The summed E-state index contributed by atoms with van der Waals surface area (Å²) in [5.41, 5.74) is 16.5. The van der Waals surface area contributed by atoms with Gasteiger partial charge in [0.15, 0.2) is 11.2 Å². The van der Waals surface area contributed by atoms with Crippen molar-refractivity contribution in [2.45, 2.75) is 32.9 Å². The van der Waals surface area contributed by atoms with Crippen molar-refractivity contribution in [1.82, 2.24) is 9.88 Å². The summed E-state index contributed by atoms with van der Waals surface area (Å²) in [6.07, 6.45) is -1.33. The van der Waals surface area contributed by atoms with Gasteiger partial charge in [-0.25, -0.2) is 4.98 Å². The molecule has 37 heavy (non-hydrogen) atoms. The molecule has 3 aromatic carbocycles. The Morgan fingerprint density at radius 2 is 1.78 bits per heavy atom. The summed E-state index contributed by atoms with van der Waals surface area (Å²) in [6, 6.07) is 17.7. The van der Waals surface area contributed by atoms with Gasteiger partial charge in [-0.1, -0.05) is 61.6 Å². The van der Waals surface area contributed by atoms with E-state index in [1.54, 1.807) is 30.3 Å². The number of aliphatic hydroxyl groups excluding tert-OH is 1. The molecule has 0 aliphatic heterocycles. The van der Waals surface area contributed by atoms with Crippen molar-refractivity contribution in [3.05, 3.63) is 77.4 Å². The van der Waals surface area contributed by atoms with Crippen LogP contribution in [0.5, 0.6) is 0 Å². The van der Waals surface area contributed by atoms with Gasteiger partial charge in [0.05, 0.1) is 16.3 Å². The molecule has 0 spiro atoms. The monoisotopic (exact) mass is 517 g/mol. The Bertz CT molecular complexity index is 1450. The van der Waals surface area contributed by atoms with Gasteiger partial charge in [0.1, 0.15) is 0 Å². The summed E-state index contributed by atoms with van der Waals surface area (Å²) in [5.74, 6) is -0.999. The molecule has 192 valence electrons. The number of hydrogen-bond acceptors (Lipinski definition) is 7. The molecule has 2 atom stereocenters. The number of thiazole rings is 1. The van der Waals surface area contributed by atoms with Crippen LogP contribution in [0.1, 0.15) is 41.4 Å². The second kappa shape index (κ2) is 11.1. The molecular formula is C28H31N5O3S. The van der Waals surface area contributed by atoms with Crippen LogP contribution in [0.3, 0.4) is 0 Å². The van der Waals surface area contributed by atoms with Crippen LogP contribution in [0.25, 0.3) is 21.3 Å². The lowest BCUT2D eigenvalue weighted by Crippen LogP contribution is -2.42. The standard InChI is InChI=1S/C28H31N5O3S/c1-4-33(5-2)24(25(34)27(36)31-18-11-13-22-23(15-18)37-28(30)32-22)17-10-12-19(16(3)14-17)20-8-6-7-9-21(20)26(29)35/h6-15,24-25,34H,4-5H2,1-3H3,(H2,29,35)(H2,30,32)(H,31,36). The van der Waals surface area contributed by atoms with Crippen LogP contribution in [0.15, 0.2) is 60.7 Å². The number of nitrogens with one attached hydrogen (secondary N) is 1. The average molecular weight is 518 g/mol. The van der Waals surface area contributed by atoms with Gasteiger partial charge in [0.2, 0.25) is 5.91 Å². The van der Waals surface area contributed by atoms with E-state index in [9.17, 15) is 14.7 Å². The number of benzene rings is 3. The largest absolute Gasteiger partial charge is 0.381 e. The average Bonchev–Trinajstić information content (AvgIpc) is 3.26. The van der Waals surface area contributed by atoms with Gasteiger partial charge in [-0.2, -0.15) is 0 Å². The Balaban J connectivity index is 1.65. The maximum Gasteiger partial charge on any atom is 0.255 e. The minimum absolute atomic E-state index is 0.442. The molecule has 8 nitrogen and oxygen atoms in total. The topological polar surface area (TPSA) is 135 Å². The summed E-state index contributed by atoms with van der Waals surface area (Å²) in [5, 5.41) is 14.6. The number of rotatable bonds is 9. The first kappa shape index (κ1) is 26.3. The highest BCUT2D eigenvalue weighted by molar-refractivity contribution is 7.22. The third kappa shape index (κ3) is 5.48. The predicted molar refractivity (Wildman–Crippen MR) is 149 cm³/mol. The highest BCUT2D eigenvalue weighted by Gasteiger charge is 2.32. The molecule has 1 aromatic heterocycles. The number of aryl methyl sites for hydroxylation is 1. The number of amides is 2. The molecule has 6 N–H and O–H groups in total. The van der Waals surface area contributed by atoms with E-state index in [2.05, 4.69) is 10.3 Å². The van der Waals surface area contributed by atoms with Crippen molar-refractivity contribution in [1.29, 1.82) is 0 Å². The molecule has 1 heterocycles. The van der Waals surface area contributed by atoms with Gasteiger partial charge in [-0.3, -0.25) is 14.5 Å². The number of aromatic nitrogens is 1. The van der Waals surface area contributed by atoms with Crippen LogP contribution in [0.4, 0.5) is 10.8 Å². The third-order valence-corrected chi connectivity index (χ3v) is 7.37. The van der Waals surface area contributed by atoms with Gasteiger partial charge >= 0.3 is 0 Å². The lowest BCUT2D eigenvalue weighted by Gasteiger charge is -2.33. The maximum atomic E-state index is 13.2. The number of carbonyl (C=O) groups excluding carboxylic acids is 2. The van der Waals surface area contributed by atoms with Crippen molar-refractivity contribution in [2.24, 2.45) is 5.73 Å².